The molecule has 0 radical (unpaired) electrons. The Morgan fingerprint density at radius 2 is 1.34 bits per heavy atom. The molecular weight excluding hydrogens is 835 g/mol. The predicted octanol–water partition coefficient (Wildman–Crippen LogP) is 2.43. The molecule has 1 aliphatic rings. The van der Waals surface area contributed by atoms with Crippen molar-refractivity contribution in [1.29, 1.82) is 0 Å². The van der Waals surface area contributed by atoms with E-state index in [1.54, 1.807) is 55.9 Å². The lowest BCUT2D eigenvalue weighted by molar-refractivity contribution is -0.154. The number of esters is 1. The first-order valence-electron chi connectivity index (χ1n) is 22.0. The molecule has 358 valence electrons. The van der Waals surface area contributed by atoms with Crippen molar-refractivity contribution < 1.29 is 61.9 Å². The SMILES string of the molecule is CC(C)C1CC(=O)N(CCCCCC(=O)NCc2cn(CCOCCOCCOCCOCCOCCNC(=O)COCC(=O)Nc3ccc(COC(=O)C(C)(C)C)cc3)nn2)C1=O. The summed E-state index contributed by atoms with van der Waals surface area (Å²) < 4.78 is 39.7. The predicted molar refractivity (Wildman–Crippen MR) is 232 cm³/mol. The van der Waals surface area contributed by atoms with Crippen LogP contribution in [0.4, 0.5) is 5.69 Å². The Balaban J connectivity index is 1.02. The summed E-state index contributed by atoms with van der Waals surface area (Å²) in [7, 11) is 0. The minimum atomic E-state index is -0.581. The van der Waals surface area contributed by atoms with E-state index in [9.17, 15) is 28.8 Å². The van der Waals surface area contributed by atoms with Crippen molar-refractivity contribution in [3.63, 3.8) is 0 Å². The van der Waals surface area contributed by atoms with Gasteiger partial charge < -0.3 is 49.1 Å². The van der Waals surface area contributed by atoms with E-state index < -0.39 is 11.3 Å². The first kappa shape index (κ1) is 53.5. The topological polar surface area (TPSA) is 237 Å². The maximum Gasteiger partial charge on any atom is 0.311 e. The molecule has 2 aromatic rings. The van der Waals surface area contributed by atoms with E-state index in [2.05, 4.69) is 26.3 Å². The molecule has 1 saturated heterocycles. The first-order valence-corrected chi connectivity index (χ1v) is 22.0. The molecule has 1 atom stereocenters. The summed E-state index contributed by atoms with van der Waals surface area (Å²) in [6.45, 7) is 14.3. The molecule has 0 bridgehead atoms. The van der Waals surface area contributed by atoms with Gasteiger partial charge in [-0.3, -0.25) is 33.7 Å². The molecule has 64 heavy (non-hydrogen) atoms. The number of carbonyl (C=O) groups excluding carboxylic acids is 6. The number of hydrogen-bond donors (Lipinski definition) is 3. The second-order valence-electron chi connectivity index (χ2n) is 16.5. The number of carbonyl (C=O) groups is 6. The number of ether oxygens (including phenoxy) is 7. The Bertz CT molecular complexity index is 1720. The molecule has 3 N–H and O–H groups in total. The van der Waals surface area contributed by atoms with Crippen molar-refractivity contribution in [2.24, 2.45) is 17.3 Å². The number of aromatic nitrogens is 3. The minimum absolute atomic E-state index is 0.0710. The minimum Gasteiger partial charge on any atom is -0.460 e. The molecule has 1 fully saturated rings. The standard InChI is InChI=1S/C44H69N7O13/c1-33(2)37-27-41(55)51(42(37)56)15-8-6-7-9-38(52)46-28-36-29-50(49-48-36)16-18-59-20-22-61-24-26-62-25-23-60-21-19-58-17-14-45-39(53)31-63-32-40(54)47-35-12-10-34(11-13-35)30-64-43(57)44(3,4)5/h10-13,29,33,37H,6-9,14-28,30-32H2,1-5H3,(H,45,53)(H,46,52)(H,47,54). The number of amides is 5. The van der Waals surface area contributed by atoms with Crippen molar-refractivity contribution in [1.82, 2.24) is 30.5 Å². The molecule has 1 aromatic heterocycles. The molecule has 20 nitrogen and oxygen atoms in total. The Morgan fingerprint density at radius 3 is 1.95 bits per heavy atom. The monoisotopic (exact) mass is 903 g/mol. The maximum absolute atomic E-state index is 12.4. The zero-order valence-electron chi connectivity index (χ0n) is 38.2. The lowest BCUT2D eigenvalue weighted by atomic mass is 9.94. The third kappa shape index (κ3) is 22.7. The third-order valence-corrected chi connectivity index (χ3v) is 9.63. The highest BCUT2D eigenvalue weighted by molar-refractivity contribution is 6.03. The normalized spacial score (nSPS) is 14.0. The van der Waals surface area contributed by atoms with Crippen LogP contribution in [-0.4, -0.2) is 148 Å². The molecule has 5 amide bonds. The van der Waals surface area contributed by atoms with Crippen molar-refractivity contribution >= 4 is 41.2 Å². The highest BCUT2D eigenvalue weighted by Gasteiger charge is 2.39. The molecule has 3 rings (SSSR count). The van der Waals surface area contributed by atoms with Crippen LogP contribution in [0.25, 0.3) is 0 Å². The van der Waals surface area contributed by atoms with Gasteiger partial charge in [0, 0.05) is 37.5 Å². The number of imide groups is 1. The van der Waals surface area contributed by atoms with E-state index in [0.29, 0.717) is 116 Å². The van der Waals surface area contributed by atoms with Crippen LogP contribution in [0.1, 0.15) is 78.0 Å². The van der Waals surface area contributed by atoms with Crippen molar-refractivity contribution in [2.75, 3.05) is 97.7 Å². The average molecular weight is 904 g/mol. The van der Waals surface area contributed by atoms with Crippen LogP contribution in [-0.2, 0) is 81.6 Å². The molecule has 0 aliphatic carbocycles. The van der Waals surface area contributed by atoms with Gasteiger partial charge in [0.25, 0.3) is 0 Å². The second-order valence-corrected chi connectivity index (χ2v) is 16.5. The Morgan fingerprint density at radius 1 is 0.734 bits per heavy atom. The molecule has 0 saturated carbocycles. The van der Waals surface area contributed by atoms with Gasteiger partial charge in [-0.2, -0.15) is 0 Å². The second kappa shape index (κ2) is 30.3. The molecule has 1 aromatic carbocycles. The van der Waals surface area contributed by atoms with Gasteiger partial charge in [0.2, 0.25) is 29.5 Å². The van der Waals surface area contributed by atoms with Gasteiger partial charge in [-0.15, -0.1) is 5.10 Å². The highest BCUT2D eigenvalue weighted by atomic mass is 16.6. The number of nitrogens with zero attached hydrogens (tertiary/aromatic N) is 4. The van der Waals surface area contributed by atoms with E-state index in [1.807, 2.05) is 13.8 Å². The molecule has 0 spiro atoms. The quantitative estimate of drug-likeness (QED) is 0.0520. The van der Waals surface area contributed by atoms with Gasteiger partial charge in [0.05, 0.1) is 90.8 Å². The summed E-state index contributed by atoms with van der Waals surface area (Å²) in [4.78, 5) is 74.2. The molecule has 1 unspecified atom stereocenters. The van der Waals surface area contributed by atoms with E-state index in [4.69, 9.17) is 33.2 Å². The summed E-state index contributed by atoms with van der Waals surface area (Å²) >= 11 is 0. The maximum atomic E-state index is 12.4. The summed E-state index contributed by atoms with van der Waals surface area (Å²) in [5.74, 6) is -1.39. The van der Waals surface area contributed by atoms with E-state index in [1.165, 1.54) is 4.90 Å². The van der Waals surface area contributed by atoms with E-state index in [0.717, 1.165) is 12.0 Å². The Labute approximate surface area is 376 Å². The van der Waals surface area contributed by atoms with Crippen LogP contribution in [0.3, 0.4) is 0 Å². The smallest absolute Gasteiger partial charge is 0.311 e. The Kier molecular flexibility index (Phi) is 25.3. The van der Waals surface area contributed by atoms with Crippen molar-refractivity contribution in [2.45, 2.75) is 86.4 Å². The Hall–Kier alpha value is -4.86. The van der Waals surface area contributed by atoms with Crippen LogP contribution in [0, 0.1) is 17.3 Å². The van der Waals surface area contributed by atoms with Gasteiger partial charge in [0.15, 0.2) is 0 Å². The van der Waals surface area contributed by atoms with Gasteiger partial charge >= 0.3 is 5.97 Å². The van der Waals surface area contributed by atoms with Gasteiger partial charge in [-0.05, 0) is 57.2 Å². The number of hydrogen-bond acceptors (Lipinski definition) is 15. The van der Waals surface area contributed by atoms with Gasteiger partial charge in [-0.1, -0.05) is 37.6 Å². The number of anilines is 1. The fraction of sp³-hybridized carbons (Fsp3) is 0.682. The summed E-state index contributed by atoms with van der Waals surface area (Å²) in [6, 6.07) is 6.88. The highest BCUT2D eigenvalue weighted by Crippen LogP contribution is 2.26. The van der Waals surface area contributed by atoms with Crippen molar-refractivity contribution in [3.8, 4) is 0 Å². The average Bonchev–Trinajstić information content (AvgIpc) is 3.83. The summed E-state index contributed by atoms with van der Waals surface area (Å²) in [6.07, 6.45) is 4.53. The van der Waals surface area contributed by atoms with Crippen LogP contribution in [0.5, 0.6) is 0 Å². The zero-order chi connectivity index (χ0) is 46.6. The molecular formula is C44H69N7O13. The molecule has 20 heteroatoms. The fourth-order valence-electron chi connectivity index (χ4n) is 5.94. The number of nitrogens with one attached hydrogen (secondary N) is 3. The summed E-state index contributed by atoms with van der Waals surface area (Å²) in [5, 5.41) is 16.4. The van der Waals surface area contributed by atoms with Crippen LogP contribution in [0.15, 0.2) is 30.5 Å². The fourth-order valence-corrected chi connectivity index (χ4v) is 5.94. The summed E-state index contributed by atoms with van der Waals surface area (Å²) in [5.41, 5.74) is 1.40. The van der Waals surface area contributed by atoms with Crippen LogP contribution in [0.2, 0.25) is 0 Å². The van der Waals surface area contributed by atoms with E-state index in [-0.39, 0.29) is 74.3 Å². The molecule has 2 heterocycles. The number of unbranched alkanes of at least 4 members (excludes halogenated alkanes) is 2. The first-order chi connectivity index (χ1) is 30.7. The third-order valence-electron chi connectivity index (χ3n) is 9.63. The number of likely N-dealkylation sites (tertiary alicyclic amines) is 1. The molecule has 1 aliphatic heterocycles. The zero-order valence-corrected chi connectivity index (χ0v) is 38.2. The van der Waals surface area contributed by atoms with Crippen molar-refractivity contribution in [3.05, 3.63) is 41.7 Å². The van der Waals surface area contributed by atoms with Crippen LogP contribution < -0.4 is 16.0 Å². The largest absolute Gasteiger partial charge is 0.460 e. The number of benzene rings is 1. The van der Waals surface area contributed by atoms with Gasteiger partial charge in [0.1, 0.15) is 25.5 Å². The number of rotatable bonds is 34. The lowest BCUT2D eigenvalue weighted by Gasteiger charge is -2.16. The van der Waals surface area contributed by atoms with Crippen LogP contribution >= 0.6 is 0 Å². The van der Waals surface area contributed by atoms with Gasteiger partial charge in [-0.25, -0.2) is 4.68 Å². The lowest BCUT2D eigenvalue weighted by Crippen LogP contribution is -2.32. The van der Waals surface area contributed by atoms with E-state index >= 15 is 0 Å².